The van der Waals surface area contributed by atoms with Gasteiger partial charge in [0.1, 0.15) is 6.07 Å². The van der Waals surface area contributed by atoms with Gasteiger partial charge in [-0.25, -0.2) is 0 Å². The van der Waals surface area contributed by atoms with Gasteiger partial charge in [-0.2, -0.15) is 5.26 Å². The van der Waals surface area contributed by atoms with Crippen molar-refractivity contribution in [2.75, 3.05) is 5.32 Å². The van der Waals surface area contributed by atoms with Crippen LogP contribution >= 0.6 is 0 Å². The summed E-state index contributed by atoms with van der Waals surface area (Å²) in [5.41, 5.74) is 1.85. The van der Waals surface area contributed by atoms with Crippen molar-refractivity contribution < 1.29 is 0 Å². The molecule has 2 rings (SSSR count). The third-order valence-electron chi connectivity index (χ3n) is 2.68. The quantitative estimate of drug-likeness (QED) is 0.832. The van der Waals surface area contributed by atoms with Gasteiger partial charge >= 0.3 is 0 Å². The summed E-state index contributed by atoms with van der Waals surface area (Å²) in [6.07, 6.45) is 2.67. The number of nitriles is 1. The number of hydrogen-bond acceptors (Lipinski definition) is 4. The van der Waals surface area contributed by atoms with Gasteiger partial charge in [-0.05, 0) is 19.4 Å². The first-order valence-corrected chi connectivity index (χ1v) is 5.79. The standard InChI is InChI=1S/C14H14N4/c1-3-6-10(2)16-14-11-7-4-5-8-12(11)17-18-13(14)9-15/h3-5,7-8,10H,1,6H2,2H3,(H,16,17). The topological polar surface area (TPSA) is 61.6 Å². The zero-order valence-electron chi connectivity index (χ0n) is 10.2. The van der Waals surface area contributed by atoms with Crippen molar-refractivity contribution in [1.29, 1.82) is 5.26 Å². The summed E-state index contributed by atoms with van der Waals surface area (Å²) in [7, 11) is 0. The molecule has 0 radical (unpaired) electrons. The smallest absolute Gasteiger partial charge is 0.186 e. The van der Waals surface area contributed by atoms with Crippen LogP contribution in [0.3, 0.4) is 0 Å². The highest BCUT2D eigenvalue weighted by atomic mass is 15.1. The Bertz CT molecular complexity index is 613. The van der Waals surface area contributed by atoms with Gasteiger partial charge in [0.05, 0.1) is 11.2 Å². The zero-order valence-corrected chi connectivity index (χ0v) is 10.2. The Hall–Kier alpha value is -2.41. The Morgan fingerprint density at radius 2 is 2.22 bits per heavy atom. The molecule has 0 saturated heterocycles. The van der Waals surface area contributed by atoms with Crippen LogP contribution in [0.5, 0.6) is 0 Å². The van der Waals surface area contributed by atoms with Gasteiger partial charge in [0.15, 0.2) is 5.69 Å². The van der Waals surface area contributed by atoms with Crippen LogP contribution in [0.4, 0.5) is 5.69 Å². The number of rotatable bonds is 4. The van der Waals surface area contributed by atoms with Gasteiger partial charge in [0, 0.05) is 11.4 Å². The van der Waals surface area contributed by atoms with E-state index in [1.807, 2.05) is 37.3 Å². The van der Waals surface area contributed by atoms with E-state index in [0.29, 0.717) is 5.69 Å². The number of fused-ring (bicyclic) bond motifs is 1. The lowest BCUT2D eigenvalue weighted by Gasteiger charge is -2.15. The molecular formula is C14H14N4. The molecule has 1 N–H and O–H groups in total. The van der Waals surface area contributed by atoms with Crippen molar-refractivity contribution in [3.05, 3.63) is 42.6 Å². The van der Waals surface area contributed by atoms with E-state index in [9.17, 15) is 0 Å². The molecule has 0 aliphatic rings. The second kappa shape index (κ2) is 5.28. The monoisotopic (exact) mass is 238 g/mol. The van der Waals surface area contributed by atoms with Crippen molar-refractivity contribution >= 4 is 16.6 Å². The number of nitrogens with zero attached hydrogens (tertiary/aromatic N) is 3. The molecule has 18 heavy (non-hydrogen) atoms. The fourth-order valence-corrected chi connectivity index (χ4v) is 1.83. The van der Waals surface area contributed by atoms with Gasteiger partial charge in [0.25, 0.3) is 0 Å². The average Bonchev–Trinajstić information content (AvgIpc) is 2.39. The Labute approximate surface area is 106 Å². The van der Waals surface area contributed by atoms with E-state index in [1.54, 1.807) is 0 Å². The Balaban J connectivity index is 2.51. The van der Waals surface area contributed by atoms with E-state index in [0.717, 1.165) is 23.0 Å². The molecule has 90 valence electrons. The van der Waals surface area contributed by atoms with Crippen LogP contribution in [0.25, 0.3) is 10.9 Å². The highest BCUT2D eigenvalue weighted by Gasteiger charge is 2.11. The van der Waals surface area contributed by atoms with E-state index in [4.69, 9.17) is 5.26 Å². The minimum absolute atomic E-state index is 0.196. The SMILES string of the molecule is C=CCC(C)Nc1c(C#N)nnc2ccccc12. The molecule has 1 heterocycles. The molecule has 4 heteroatoms. The molecule has 2 aromatic rings. The molecule has 0 spiro atoms. The Kier molecular flexibility index (Phi) is 3.54. The first-order chi connectivity index (χ1) is 8.76. The van der Waals surface area contributed by atoms with Crippen LogP contribution < -0.4 is 5.32 Å². The van der Waals surface area contributed by atoms with Crippen molar-refractivity contribution in [3.8, 4) is 6.07 Å². The summed E-state index contributed by atoms with van der Waals surface area (Å²) >= 11 is 0. The Morgan fingerprint density at radius 1 is 1.44 bits per heavy atom. The summed E-state index contributed by atoms with van der Waals surface area (Å²) in [6.45, 7) is 5.75. The maximum absolute atomic E-state index is 9.11. The maximum Gasteiger partial charge on any atom is 0.186 e. The number of hydrogen-bond donors (Lipinski definition) is 1. The number of anilines is 1. The summed E-state index contributed by atoms with van der Waals surface area (Å²) in [6, 6.07) is 9.92. The van der Waals surface area contributed by atoms with Gasteiger partial charge in [0.2, 0.25) is 0 Å². The largest absolute Gasteiger partial charge is 0.379 e. The fourth-order valence-electron chi connectivity index (χ4n) is 1.83. The van der Waals surface area contributed by atoms with E-state index >= 15 is 0 Å². The molecule has 0 fully saturated rings. The van der Waals surface area contributed by atoms with Crippen LogP contribution in [0, 0.1) is 11.3 Å². The first kappa shape index (κ1) is 12.1. The van der Waals surface area contributed by atoms with Gasteiger partial charge in [-0.15, -0.1) is 16.8 Å². The van der Waals surface area contributed by atoms with Gasteiger partial charge < -0.3 is 5.32 Å². The molecule has 1 aromatic heterocycles. The molecular weight excluding hydrogens is 224 g/mol. The number of aromatic nitrogens is 2. The lowest BCUT2D eigenvalue weighted by Crippen LogP contribution is -2.16. The minimum Gasteiger partial charge on any atom is -0.379 e. The normalized spacial score (nSPS) is 11.8. The van der Waals surface area contributed by atoms with E-state index < -0.39 is 0 Å². The highest BCUT2D eigenvalue weighted by Crippen LogP contribution is 2.24. The first-order valence-electron chi connectivity index (χ1n) is 5.79. The predicted octanol–water partition coefficient (Wildman–Crippen LogP) is 2.88. The maximum atomic E-state index is 9.11. The second-order valence-electron chi connectivity index (χ2n) is 4.12. The lowest BCUT2D eigenvalue weighted by atomic mass is 10.1. The molecule has 0 bridgehead atoms. The van der Waals surface area contributed by atoms with Crippen molar-refractivity contribution in [1.82, 2.24) is 10.2 Å². The molecule has 1 atom stereocenters. The average molecular weight is 238 g/mol. The molecule has 1 unspecified atom stereocenters. The van der Waals surface area contributed by atoms with E-state index in [2.05, 4.69) is 28.2 Å². The molecule has 0 amide bonds. The van der Waals surface area contributed by atoms with Crippen molar-refractivity contribution in [2.24, 2.45) is 0 Å². The number of benzene rings is 1. The third kappa shape index (κ3) is 2.30. The van der Waals surface area contributed by atoms with Crippen LogP contribution in [-0.2, 0) is 0 Å². The third-order valence-corrected chi connectivity index (χ3v) is 2.68. The molecule has 0 saturated carbocycles. The Morgan fingerprint density at radius 3 is 2.94 bits per heavy atom. The number of nitrogens with one attached hydrogen (secondary N) is 1. The lowest BCUT2D eigenvalue weighted by molar-refractivity contribution is 0.812. The van der Waals surface area contributed by atoms with Gasteiger partial charge in [-0.1, -0.05) is 24.3 Å². The fraction of sp³-hybridized carbons (Fsp3) is 0.214. The van der Waals surface area contributed by atoms with E-state index in [-0.39, 0.29) is 6.04 Å². The van der Waals surface area contributed by atoms with Crippen LogP contribution in [0.1, 0.15) is 19.0 Å². The van der Waals surface area contributed by atoms with E-state index in [1.165, 1.54) is 0 Å². The molecule has 4 nitrogen and oxygen atoms in total. The summed E-state index contributed by atoms with van der Waals surface area (Å²) in [5.74, 6) is 0. The summed E-state index contributed by atoms with van der Waals surface area (Å²) in [5, 5.41) is 21.3. The van der Waals surface area contributed by atoms with Crippen LogP contribution in [0.2, 0.25) is 0 Å². The molecule has 1 aromatic carbocycles. The predicted molar refractivity (Wildman–Crippen MR) is 72.2 cm³/mol. The summed E-state index contributed by atoms with van der Waals surface area (Å²) < 4.78 is 0. The van der Waals surface area contributed by atoms with Crippen LogP contribution in [0.15, 0.2) is 36.9 Å². The van der Waals surface area contributed by atoms with Crippen LogP contribution in [-0.4, -0.2) is 16.2 Å². The molecule has 0 aliphatic heterocycles. The van der Waals surface area contributed by atoms with Gasteiger partial charge in [-0.3, -0.25) is 0 Å². The van der Waals surface area contributed by atoms with Crippen molar-refractivity contribution in [3.63, 3.8) is 0 Å². The summed E-state index contributed by atoms with van der Waals surface area (Å²) in [4.78, 5) is 0. The zero-order chi connectivity index (χ0) is 13.0. The second-order valence-corrected chi connectivity index (χ2v) is 4.12. The molecule has 0 aliphatic carbocycles. The van der Waals surface area contributed by atoms with Crippen molar-refractivity contribution in [2.45, 2.75) is 19.4 Å². The minimum atomic E-state index is 0.196. The highest BCUT2D eigenvalue weighted by molar-refractivity contribution is 5.92.